The van der Waals surface area contributed by atoms with Crippen LogP contribution in [0, 0.1) is 6.92 Å². The highest BCUT2D eigenvalue weighted by molar-refractivity contribution is 7.98. The molecule has 1 atom stereocenters. The number of thioether (sulfide) groups is 1. The molecule has 0 amide bonds. The van der Waals surface area contributed by atoms with Crippen molar-refractivity contribution in [2.45, 2.75) is 36.2 Å². The lowest BCUT2D eigenvalue weighted by molar-refractivity contribution is 0.570. The Morgan fingerprint density at radius 2 is 1.78 bits per heavy atom. The summed E-state index contributed by atoms with van der Waals surface area (Å²) in [6, 6.07) is 13.7. The molecule has 3 nitrogen and oxygen atoms in total. The zero-order valence-corrected chi connectivity index (χ0v) is 15.6. The molecule has 1 N–H and O–H groups in total. The molecule has 0 fully saturated rings. The third-order valence-electron chi connectivity index (χ3n) is 3.85. The number of nitrogens with one attached hydrogen (secondary N) is 1. The highest BCUT2D eigenvalue weighted by atomic mass is 32.2. The third kappa shape index (κ3) is 4.83. The molecule has 0 aliphatic carbocycles. The Kier molecular flexibility index (Phi) is 5.89. The maximum atomic E-state index is 11.5. The van der Waals surface area contributed by atoms with Crippen LogP contribution in [0.15, 0.2) is 52.3 Å². The first-order valence-electron chi connectivity index (χ1n) is 7.48. The van der Waals surface area contributed by atoms with E-state index < -0.39 is 9.84 Å². The lowest BCUT2D eigenvalue weighted by atomic mass is 10.1. The standard InChI is InChI=1S/C18H23NO2S2/c1-13-5-6-16(18(11-13)22-3)12-19-14(2)15-7-9-17(10-8-15)23(4,20)21/h5-11,14,19H,12H2,1-4H3/t14-/m0/s1. The number of aryl methyl sites for hydroxylation is 1. The van der Waals surface area contributed by atoms with Crippen LogP contribution in [0.3, 0.4) is 0 Å². The quantitative estimate of drug-likeness (QED) is 0.802. The topological polar surface area (TPSA) is 46.2 Å². The minimum absolute atomic E-state index is 0.152. The molecule has 0 spiro atoms. The molecule has 2 aromatic carbocycles. The van der Waals surface area contributed by atoms with Crippen molar-refractivity contribution in [2.24, 2.45) is 0 Å². The molecule has 0 aliphatic heterocycles. The number of sulfone groups is 1. The van der Waals surface area contributed by atoms with Gasteiger partial charge >= 0.3 is 0 Å². The predicted molar refractivity (Wildman–Crippen MR) is 97.8 cm³/mol. The average Bonchev–Trinajstić information content (AvgIpc) is 2.52. The fourth-order valence-corrected chi connectivity index (χ4v) is 3.72. The molecule has 0 saturated heterocycles. The molecule has 0 radical (unpaired) electrons. The molecule has 0 aliphatic rings. The van der Waals surface area contributed by atoms with Gasteiger partial charge in [-0.1, -0.05) is 24.3 Å². The molecule has 0 heterocycles. The van der Waals surface area contributed by atoms with Crippen LogP contribution in [0.2, 0.25) is 0 Å². The summed E-state index contributed by atoms with van der Waals surface area (Å²) in [7, 11) is -3.14. The molecule has 2 aromatic rings. The van der Waals surface area contributed by atoms with Crippen LogP contribution in [-0.2, 0) is 16.4 Å². The predicted octanol–water partition coefficient (Wildman–Crippen LogP) is 3.97. The highest BCUT2D eigenvalue weighted by Gasteiger charge is 2.10. The molecule has 23 heavy (non-hydrogen) atoms. The van der Waals surface area contributed by atoms with Crippen molar-refractivity contribution in [2.75, 3.05) is 12.5 Å². The van der Waals surface area contributed by atoms with Gasteiger partial charge < -0.3 is 5.32 Å². The SMILES string of the molecule is CSc1cc(C)ccc1CN[C@@H](C)c1ccc(S(C)(=O)=O)cc1. The van der Waals surface area contributed by atoms with Crippen molar-refractivity contribution < 1.29 is 8.42 Å². The van der Waals surface area contributed by atoms with Gasteiger partial charge in [0, 0.05) is 23.7 Å². The zero-order chi connectivity index (χ0) is 17.0. The molecule has 2 rings (SSSR count). The van der Waals surface area contributed by atoms with Gasteiger partial charge in [0.25, 0.3) is 0 Å². The van der Waals surface area contributed by atoms with E-state index in [0.717, 1.165) is 12.1 Å². The summed E-state index contributed by atoms with van der Waals surface area (Å²) in [5.41, 5.74) is 3.63. The molecular formula is C18H23NO2S2. The summed E-state index contributed by atoms with van der Waals surface area (Å²) in [5, 5.41) is 3.50. The van der Waals surface area contributed by atoms with Gasteiger partial charge in [-0.3, -0.25) is 0 Å². The molecule has 0 saturated carbocycles. The van der Waals surface area contributed by atoms with Crippen LogP contribution in [-0.4, -0.2) is 20.9 Å². The van der Waals surface area contributed by atoms with Crippen molar-refractivity contribution in [3.63, 3.8) is 0 Å². The fourth-order valence-electron chi connectivity index (χ4n) is 2.38. The van der Waals surface area contributed by atoms with E-state index in [2.05, 4.69) is 43.6 Å². The smallest absolute Gasteiger partial charge is 0.175 e. The van der Waals surface area contributed by atoms with E-state index in [1.165, 1.54) is 22.3 Å². The third-order valence-corrected chi connectivity index (χ3v) is 5.80. The molecule has 5 heteroatoms. The van der Waals surface area contributed by atoms with Crippen molar-refractivity contribution in [3.8, 4) is 0 Å². The molecule has 0 bridgehead atoms. The van der Waals surface area contributed by atoms with Gasteiger partial charge in [-0.05, 0) is 55.0 Å². The van der Waals surface area contributed by atoms with Gasteiger partial charge in [0.15, 0.2) is 9.84 Å². The van der Waals surface area contributed by atoms with Gasteiger partial charge in [-0.25, -0.2) is 8.42 Å². The van der Waals surface area contributed by atoms with Crippen molar-refractivity contribution in [1.29, 1.82) is 0 Å². The Hall–Kier alpha value is -1.30. The van der Waals surface area contributed by atoms with E-state index in [1.54, 1.807) is 23.9 Å². The summed E-state index contributed by atoms with van der Waals surface area (Å²) in [5.74, 6) is 0. The first kappa shape index (κ1) is 18.0. The van der Waals surface area contributed by atoms with Crippen molar-refractivity contribution >= 4 is 21.6 Å². The van der Waals surface area contributed by atoms with Crippen LogP contribution in [0.4, 0.5) is 0 Å². The highest BCUT2D eigenvalue weighted by Crippen LogP contribution is 2.23. The summed E-state index contributed by atoms with van der Waals surface area (Å²) >= 11 is 1.76. The monoisotopic (exact) mass is 349 g/mol. The normalized spacial score (nSPS) is 13.0. The fraction of sp³-hybridized carbons (Fsp3) is 0.333. The Morgan fingerprint density at radius 3 is 2.35 bits per heavy atom. The van der Waals surface area contributed by atoms with Crippen LogP contribution in [0.25, 0.3) is 0 Å². The molecular weight excluding hydrogens is 326 g/mol. The van der Waals surface area contributed by atoms with E-state index in [4.69, 9.17) is 0 Å². The maximum Gasteiger partial charge on any atom is 0.175 e. The van der Waals surface area contributed by atoms with E-state index in [-0.39, 0.29) is 6.04 Å². The van der Waals surface area contributed by atoms with Gasteiger partial charge in [-0.2, -0.15) is 0 Å². The van der Waals surface area contributed by atoms with E-state index in [9.17, 15) is 8.42 Å². The average molecular weight is 350 g/mol. The van der Waals surface area contributed by atoms with E-state index in [1.807, 2.05) is 12.1 Å². The lowest BCUT2D eigenvalue weighted by Crippen LogP contribution is -2.18. The molecule has 0 unspecified atom stereocenters. The Balaban J connectivity index is 2.06. The maximum absolute atomic E-state index is 11.5. The number of benzene rings is 2. The van der Waals surface area contributed by atoms with Crippen molar-refractivity contribution in [3.05, 3.63) is 59.2 Å². The minimum Gasteiger partial charge on any atom is -0.306 e. The Morgan fingerprint density at radius 1 is 1.13 bits per heavy atom. The van der Waals surface area contributed by atoms with E-state index >= 15 is 0 Å². The van der Waals surface area contributed by atoms with Gasteiger partial charge in [0.05, 0.1) is 4.90 Å². The second-order valence-corrected chi connectivity index (χ2v) is 8.62. The van der Waals surface area contributed by atoms with Gasteiger partial charge in [-0.15, -0.1) is 11.8 Å². The molecule has 124 valence electrons. The second kappa shape index (κ2) is 7.51. The summed E-state index contributed by atoms with van der Waals surface area (Å²) in [6.45, 7) is 4.97. The van der Waals surface area contributed by atoms with Crippen LogP contribution < -0.4 is 5.32 Å². The minimum atomic E-state index is -3.14. The van der Waals surface area contributed by atoms with Crippen LogP contribution in [0.5, 0.6) is 0 Å². The number of rotatable bonds is 6. The largest absolute Gasteiger partial charge is 0.306 e. The summed E-state index contributed by atoms with van der Waals surface area (Å²) < 4.78 is 23.0. The van der Waals surface area contributed by atoms with Gasteiger partial charge in [0.2, 0.25) is 0 Å². The number of hydrogen-bond acceptors (Lipinski definition) is 4. The summed E-state index contributed by atoms with van der Waals surface area (Å²) in [6.07, 6.45) is 3.32. The first-order valence-corrected chi connectivity index (χ1v) is 10.6. The lowest BCUT2D eigenvalue weighted by Gasteiger charge is -2.16. The Labute approximate surface area is 143 Å². The van der Waals surface area contributed by atoms with Crippen LogP contribution in [0.1, 0.15) is 29.7 Å². The van der Waals surface area contributed by atoms with E-state index in [0.29, 0.717) is 4.90 Å². The van der Waals surface area contributed by atoms with Crippen LogP contribution >= 0.6 is 11.8 Å². The number of hydrogen-bond donors (Lipinski definition) is 1. The van der Waals surface area contributed by atoms with Gasteiger partial charge in [0.1, 0.15) is 0 Å². The van der Waals surface area contributed by atoms with Crippen molar-refractivity contribution in [1.82, 2.24) is 5.32 Å². The molecule has 0 aromatic heterocycles. The first-order chi connectivity index (χ1) is 10.8. The zero-order valence-electron chi connectivity index (χ0n) is 14.0. The second-order valence-electron chi connectivity index (χ2n) is 5.76. The summed E-state index contributed by atoms with van der Waals surface area (Å²) in [4.78, 5) is 1.65. The Bertz CT molecular complexity index is 768.